The maximum Gasteiger partial charge on any atom is 0.257 e. The number of anilines is 2. The van der Waals surface area contributed by atoms with E-state index in [2.05, 4.69) is 15.6 Å². The standard InChI is InChI=1S/C24H21N3O4/c28-22(16-5-3-7-18(13-16)26-23(29)17-6-4-12-25-15-17)27-19-8-9-20-21(14-19)31-24(30-20)10-1-2-11-24/h3-9,12-15H,1-2,10-11H2,(H,26,29)(H,27,28). The third kappa shape index (κ3) is 3.94. The molecule has 1 saturated carbocycles. The monoisotopic (exact) mass is 415 g/mol. The predicted molar refractivity (Wildman–Crippen MR) is 115 cm³/mol. The van der Waals surface area contributed by atoms with Crippen LogP contribution in [0.25, 0.3) is 0 Å². The van der Waals surface area contributed by atoms with Crippen molar-refractivity contribution in [2.45, 2.75) is 31.5 Å². The first kappa shape index (κ1) is 19.1. The van der Waals surface area contributed by atoms with Crippen LogP contribution in [0.4, 0.5) is 11.4 Å². The molecule has 31 heavy (non-hydrogen) atoms. The Hall–Kier alpha value is -3.87. The third-order valence-electron chi connectivity index (χ3n) is 5.47. The molecule has 5 rings (SSSR count). The zero-order chi connectivity index (χ0) is 21.3. The minimum Gasteiger partial charge on any atom is -0.448 e. The van der Waals surface area contributed by atoms with Gasteiger partial charge in [-0.05, 0) is 55.3 Å². The van der Waals surface area contributed by atoms with E-state index in [1.807, 2.05) is 6.07 Å². The first-order valence-electron chi connectivity index (χ1n) is 10.3. The van der Waals surface area contributed by atoms with Crippen molar-refractivity contribution in [2.75, 3.05) is 10.6 Å². The summed E-state index contributed by atoms with van der Waals surface area (Å²) in [5.41, 5.74) is 2.01. The first-order chi connectivity index (χ1) is 15.1. The van der Waals surface area contributed by atoms with Gasteiger partial charge in [0.15, 0.2) is 11.5 Å². The van der Waals surface area contributed by atoms with Gasteiger partial charge in [-0.1, -0.05) is 6.07 Å². The van der Waals surface area contributed by atoms with Crippen LogP contribution in [0.15, 0.2) is 67.0 Å². The summed E-state index contributed by atoms with van der Waals surface area (Å²) < 4.78 is 12.1. The van der Waals surface area contributed by atoms with Crippen LogP contribution >= 0.6 is 0 Å². The average molecular weight is 415 g/mol. The van der Waals surface area contributed by atoms with Crippen molar-refractivity contribution in [1.29, 1.82) is 0 Å². The fourth-order valence-corrected chi connectivity index (χ4v) is 3.93. The van der Waals surface area contributed by atoms with E-state index in [1.54, 1.807) is 54.7 Å². The summed E-state index contributed by atoms with van der Waals surface area (Å²) in [4.78, 5) is 29.0. The number of ether oxygens (including phenoxy) is 2. The van der Waals surface area contributed by atoms with E-state index in [-0.39, 0.29) is 11.8 Å². The molecule has 7 nitrogen and oxygen atoms in total. The number of benzene rings is 2. The lowest BCUT2D eigenvalue weighted by Gasteiger charge is -2.21. The van der Waals surface area contributed by atoms with Crippen LogP contribution in [0.2, 0.25) is 0 Å². The zero-order valence-electron chi connectivity index (χ0n) is 16.8. The van der Waals surface area contributed by atoms with Crippen LogP contribution in [0.3, 0.4) is 0 Å². The van der Waals surface area contributed by atoms with Gasteiger partial charge in [-0.3, -0.25) is 14.6 Å². The number of pyridine rings is 1. The lowest BCUT2D eigenvalue weighted by molar-refractivity contribution is -0.0716. The molecule has 1 fully saturated rings. The van der Waals surface area contributed by atoms with E-state index in [0.29, 0.717) is 34.0 Å². The second-order valence-corrected chi connectivity index (χ2v) is 7.71. The second kappa shape index (κ2) is 7.75. The smallest absolute Gasteiger partial charge is 0.257 e. The molecular formula is C24H21N3O4. The van der Waals surface area contributed by atoms with Gasteiger partial charge in [-0.25, -0.2) is 0 Å². The molecule has 3 aromatic rings. The Morgan fingerprint density at radius 1 is 0.806 bits per heavy atom. The highest BCUT2D eigenvalue weighted by Gasteiger charge is 2.44. The van der Waals surface area contributed by atoms with E-state index >= 15 is 0 Å². The minimum atomic E-state index is -0.536. The summed E-state index contributed by atoms with van der Waals surface area (Å²) in [6.45, 7) is 0. The van der Waals surface area contributed by atoms with Crippen molar-refractivity contribution in [3.63, 3.8) is 0 Å². The molecule has 1 aliphatic heterocycles. The summed E-state index contributed by atoms with van der Waals surface area (Å²) in [5, 5.41) is 5.67. The number of amides is 2. The summed E-state index contributed by atoms with van der Waals surface area (Å²) in [6, 6.07) is 15.5. The Morgan fingerprint density at radius 2 is 1.52 bits per heavy atom. The number of hydrogen-bond donors (Lipinski definition) is 2. The van der Waals surface area contributed by atoms with E-state index < -0.39 is 5.79 Å². The summed E-state index contributed by atoms with van der Waals surface area (Å²) in [5.74, 6) is 0.248. The van der Waals surface area contributed by atoms with Gasteiger partial charge in [-0.2, -0.15) is 0 Å². The number of aromatic nitrogens is 1. The molecule has 2 amide bonds. The van der Waals surface area contributed by atoms with Crippen LogP contribution in [0.1, 0.15) is 46.4 Å². The van der Waals surface area contributed by atoms with Crippen molar-refractivity contribution in [1.82, 2.24) is 4.98 Å². The maximum absolute atomic E-state index is 12.8. The Kier molecular flexibility index (Phi) is 4.78. The van der Waals surface area contributed by atoms with Gasteiger partial charge < -0.3 is 20.1 Å². The minimum absolute atomic E-state index is 0.285. The van der Waals surface area contributed by atoms with Gasteiger partial charge in [0.1, 0.15) is 0 Å². The molecule has 156 valence electrons. The highest BCUT2D eigenvalue weighted by molar-refractivity contribution is 6.07. The molecule has 1 aliphatic carbocycles. The molecular weight excluding hydrogens is 394 g/mol. The number of nitrogens with zero attached hydrogens (tertiary/aromatic N) is 1. The van der Waals surface area contributed by atoms with Gasteiger partial charge in [0.2, 0.25) is 0 Å². The molecule has 1 spiro atoms. The van der Waals surface area contributed by atoms with Crippen LogP contribution in [-0.4, -0.2) is 22.6 Å². The molecule has 2 heterocycles. The quantitative estimate of drug-likeness (QED) is 0.649. The SMILES string of the molecule is O=C(Nc1cccc(C(=O)Nc2ccc3c(c2)OC2(CCCC2)O3)c1)c1cccnc1. The molecule has 2 aromatic carbocycles. The Bertz CT molecular complexity index is 1140. The van der Waals surface area contributed by atoms with Crippen LogP contribution in [0.5, 0.6) is 11.5 Å². The van der Waals surface area contributed by atoms with Gasteiger partial charge in [0.25, 0.3) is 17.6 Å². The van der Waals surface area contributed by atoms with Gasteiger partial charge in [0.05, 0.1) is 5.56 Å². The molecule has 1 aromatic heterocycles. The number of carbonyl (C=O) groups is 2. The largest absolute Gasteiger partial charge is 0.448 e. The van der Waals surface area contributed by atoms with E-state index in [1.165, 1.54) is 6.20 Å². The molecule has 7 heteroatoms. The predicted octanol–water partition coefficient (Wildman–Crippen LogP) is 4.63. The number of hydrogen-bond acceptors (Lipinski definition) is 5. The van der Waals surface area contributed by atoms with Crippen molar-refractivity contribution >= 4 is 23.2 Å². The number of carbonyl (C=O) groups excluding carboxylic acids is 2. The topological polar surface area (TPSA) is 89.6 Å². The lowest BCUT2D eigenvalue weighted by Crippen LogP contribution is -2.34. The van der Waals surface area contributed by atoms with E-state index in [9.17, 15) is 9.59 Å². The maximum atomic E-state index is 12.8. The third-order valence-corrected chi connectivity index (χ3v) is 5.47. The number of rotatable bonds is 4. The lowest BCUT2D eigenvalue weighted by atomic mass is 10.1. The molecule has 0 bridgehead atoms. The molecule has 2 N–H and O–H groups in total. The van der Waals surface area contributed by atoms with Crippen molar-refractivity contribution in [3.8, 4) is 11.5 Å². The molecule has 0 atom stereocenters. The Morgan fingerprint density at radius 3 is 2.29 bits per heavy atom. The first-order valence-corrected chi connectivity index (χ1v) is 10.3. The van der Waals surface area contributed by atoms with Crippen molar-refractivity contribution in [3.05, 3.63) is 78.1 Å². The summed E-state index contributed by atoms with van der Waals surface area (Å²) >= 11 is 0. The Balaban J connectivity index is 1.27. The van der Waals surface area contributed by atoms with Crippen molar-refractivity contribution < 1.29 is 19.1 Å². The normalized spacial score (nSPS) is 15.6. The van der Waals surface area contributed by atoms with E-state index in [0.717, 1.165) is 25.7 Å². The molecule has 0 unspecified atom stereocenters. The highest BCUT2D eigenvalue weighted by atomic mass is 16.7. The Labute approximate surface area is 179 Å². The fraction of sp³-hybridized carbons (Fsp3) is 0.208. The average Bonchev–Trinajstić information content (AvgIpc) is 3.39. The summed E-state index contributed by atoms with van der Waals surface area (Å²) in [7, 11) is 0. The highest BCUT2D eigenvalue weighted by Crippen LogP contribution is 2.47. The molecule has 2 aliphatic rings. The molecule has 0 radical (unpaired) electrons. The summed E-state index contributed by atoms with van der Waals surface area (Å²) in [6.07, 6.45) is 7.02. The van der Waals surface area contributed by atoms with Gasteiger partial charge >= 0.3 is 0 Å². The van der Waals surface area contributed by atoms with Crippen LogP contribution in [0, 0.1) is 0 Å². The number of fused-ring (bicyclic) bond motifs is 1. The van der Waals surface area contributed by atoms with Gasteiger partial charge in [0, 0.05) is 48.2 Å². The van der Waals surface area contributed by atoms with Gasteiger partial charge in [-0.15, -0.1) is 0 Å². The van der Waals surface area contributed by atoms with Crippen molar-refractivity contribution in [2.24, 2.45) is 0 Å². The number of nitrogens with one attached hydrogen (secondary N) is 2. The van der Waals surface area contributed by atoms with Crippen LogP contribution in [-0.2, 0) is 0 Å². The van der Waals surface area contributed by atoms with E-state index in [4.69, 9.17) is 9.47 Å². The second-order valence-electron chi connectivity index (χ2n) is 7.71. The molecule has 0 saturated heterocycles. The van der Waals surface area contributed by atoms with Crippen LogP contribution < -0.4 is 20.1 Å². The zero-order valence-corrected chi connectivity index (χ0v) is 16.8. The fourth-order valence-electron chi connectivity index (χ4n) is 3.93.